The molecule has 0 spiro atoms. The highest BCUT2D eigenvalue weighted by molar-refractivity contribution is 6.06. The van der Waals surface area contributed by atoms with Gasteiger partial charge in [-0.2, -0.15) is 4.40 Å². The van der Waals surface area contributed by atoms with Crippen molar-refractivity contribution in [3.63, 3.8) is 0 Å². The molecular weight excluding hydrogens is 314 g/mol. The molecule has 6 heteroatoms. The Hall–Kier alpha value is -3.54. The average molecular weight is 330 g/mol. The molecule has 4 heterocycles. The fraction of sp³-hybridized carbons (Fsp3) is 0.0526. The fourth-order valence-electron chi connectivity index (χ4n) is 2.78. The number of carbonyl (C=O) groups excluding carboxylic acids is 1. The van der Waals surface area contributed by atoms with E-state index in [1.165, 1.54) is 0 Å². The minimum atomic E-state index is -0.188. The van der Waals surface area contributed by atoms with Crippen molar-refractivity contribution in [1.29, 1.82) is 0 Å². The fourth-order valence-corrected chi connectivity index (χ4v) is 2.78. The van der Waals surface area contributed by atoms with Gasteiger partial charge in [0, 0.05) is 30.5 Å². The molecule has 0 aliphatic carbocycles. The van der Waals surface area contributed by atoms with Gasteiger partial charge in [0.15, 0.2) is 5.52 Å². The molecule has 0 bridgehead atoms. The van der Waals surface area contributed by atoms with Crippen molar-refractivity contribution in [3.05, 3.63) is 90.5 Å². The van der Waals surface area contributed by atoms with E-state index < -0.39 is 0 Å². The van der Waals surface area contributed by atoms with Crippen LogP contribution in [-0.4, -0.2) is 20.9 Å². The van der Waals surface area contributed by atoms with E-state index in [4.69, 9.17) is 0 Å². The summed E-state index contributed by atoms with van der Waals surface area (Å²) in [4.78, 5) is 24.1. The number of anilines is 1. The lowest BCUT2D eigenvalue weighted by molar-refractivity contribution is -0.520. The van der Waals surface area contributed by atoms with Crippen molar-refractivity contribution in [2.45, 2.75) is 6.42 Å². The minimum absolute atomic E-state index is 0.188. The lowest BCUT2D eigenvalue weighted by atomic mass is 10.2. The molecule has 4 aromatic rings. The zero-order chi connectivity index (χ0) is 17.1. The van der Waals surface area contributed by atoms with Crippen LogP contribution >= 0.6 is 0 Å². The highest BCUT2D eigenvalue weighted by Crippen LogP contribution is 2.13. The van der Waals surface area contributed by atoms with E-state index in [1.54, 1.807) is 30.7 Å². The first-order valence-electron chi connectivity index (χ1n) is 7.93. The summed E-state index contributed by atoms with van der Waals surface area (Å²) in [6.07, 6.45) is 9.46. The second-order valence-corrected chi connectivity index (χ2v) is 5.63. The number of nitrogens with zero attached hydrogens (tertiary/aromatic N) is 3. The molecule has 0 saturated carbocycles. The topological polar surface area (TPSA) is 74.8 Å². The average Bonchev–Trinajstić information content (AvgIpc) is 3.02. The molecular formula is C19H16N5O+. The highest BCUT2D eigenvalue weighted by atomic mass is 16.1. The van der Waals surface area contributed by atoms with Crippen LogP contribution in [0.4, 0.5) is 5.69 Å². The summed E-state index contributed by atoms with van der Waals surface area (Å²) in [7, 11) is 0. The van der Waals surface area contributed by atoms with Gasteiger partial charge in [0.05, 0.1) is 12.6 Å². The maximum atomic E-state index is 12.7. The molecule has 0 radical (unpaired) electrons. The van der Waals surface area contributed by atoms with Crippen LogP contribution in [-0.2, 0) is 6.42 Å². The first kappa shape index (κ1) is 15.0. The first-order chi connectivity index (χ1) is 12.3. The Balaban J connectivity index is 1.71. The Bertz CT molecular complexity index is 1010. The van der Waals surface area contributed by atoms with Crippen LogP contribution in [0.3, 0.4) is 0 Å². The number of carbonyl (C=O) groups is 1. The quantitative estimate of drug-likeness (QED) is 0.564. The molecule has 25 heavy (non-hydrogen) atoms. The van der Waals surface area contributed by atoms with Gasteiger partial charge in [-0.1, -0.05) is 12.1 Å². The van der Waals surface area contributed by atoms with Gasteiger partial charge in [-0.05, 0) is 35.9 Å². The van der Waals surface area contributed by atoms with Gasteiger partial charge in [-0.3, -0.25) is 14.8 Å². The van der Waals surface area contributed by atoms with Crippen LogP contribution in [0.2, 0.25) is 0 Å². The predicted octanol–water partition coefficient (Wildman–Crippen LogP) is 2.39. The van der Waals surface area contributed by atoms with E-state index in [1.807, 2.05) is 47.1 Å². The second kappa shape index (κ2) is 6.52. The van der Waals surface area contributed by atoms with Crippen LogP contribution in [0, 0.1) is 0 Å². The number of hydrogen-bond donors (Lipinski definition) is 2. The molecule has 4 aromatic heterocycles. The van der Waals surface area contributed by atoms with Crippen molar-refractivity contribution < 1.29 is 9.20 Å². The van der Waals surface area contributed by atoms with Crippen molar-refractivity contribution in [2.24, 2.45) is 0 Å². The third-order valence-corrected chi connectivity index (χ3v) is 3.94. The number of aromatic nitrogens is 4. The number of rotatable bonds is 4. The Morgan fingerprint density at radius 2 is 1.92 bits per heavy atom. The van der Waals surface area contributed by atoms with E-state index in [-0.39, 0.29) is 5.91 Å². The van der Waals surface area contributed by atoms with Gasteiger partial charge in [0.25, 0.3) is 11.7 Å². The Morgan fingerprint density at radius 1 is 1.04 bits per heavy atom. The molecule has 1 amide bonds. The molecule has 0 atom stereocenters. The summed E-state index contributed by atoms with van der Waals surface area (Å²) in [5.74, 6) is 0.732. The summed E-state index contributed by atoms with van der Waals surface area (Å²) >= 11 is 0. The second-order valence-electron chi connectivity index (χ2n) is 5.63. The molecule has 0 saturated heterocycles. The highest BCUT2D eigenvalue weighted by Gasteiger charge is 2.23. The lowest BCUT2D eigenvalue weighted by Gasteiger charge is -2.00. The molecule has 2 N–H and O–H groups in total. The van der Waals surface area contributed by atoms with E-state index in [0.717, 1.165) is 16.9 Å². The SMILES string of the molecule is O=C(Nc1ccncc1)c1[nH]c(Cc2cccnc2)[n+]2ccccc12. The molecule has 4 rings (SSSR count). The number of nitrogens with one attached hydrogen (secondary N) is 2. The number of amides is 1. The van der Waals surface area contributed by atoms with Gasteiger partial charge in [0.2, 0.25) is 5.69 Å². The van der Waals surface area contributed by atoms with Crippen LogP contribution in [0.5, 0.6) is 0 Å². The van der Waals surface area contributed by atoms with Crippen LogP contribution in [0.1, 0.15) is 21.9 Å². The molecule has 0 fully saturated rings. The zero-order valence-corrected chi connectivity index (χ0v) is 13.4. The number of hydrogen-bond acceptors (Lipinski definition) is 3. The molecule has 0 aliphatic heterocycles. The van der Waals surface area contributed by atoms with Crippen molar-refractivity contribution >= 4 is 17.1 Å². The van der Waals surface area contributed by atoms with E-state index in [2.05, 4.69) is 20.3 Å². The molecule has 122 valence electrons. The lowest BCUT2D eigenvalue weighted by Crippen LogP contribution is -2.24. The van der Waals surface area contributed by atoms with E-state index in [0.29, 0.717) is 17.8 Å². The Labute approximate surface area is 144 Å². The van der Waals surface area contributed by atoms with Crippen molar-refractivity contribution in [1.82, 2.24) is 15.0 Å². The van der Waals surface area contributed by atoms with Gasteiger partial charge < -0.3 is 5.32 Å². The number of aromatic amines is 1. The standard InChI is InChI=1S/C19H15N5O/c25-19(22-15-6-9-20-10-7-15)18-16-5-1-2-11-24(16)17(23-18)12-14-4-3-8-21-13-14/h1-11,13H,12H2,(H,20,22,25)/p+1. The number of H-pyrrole nitrogens is 1. The summed E-state index contributed by atoms with van der Waals surface area (Å²) in [6, 6.07) is 13.2. The van der Waals surface area contributed by atoms with Gasteiger partial charge >= 0.3 is 0 Å². The molecule has 0 unspecified atom stereocenters. The number of pyridine rings is 3. The predicted molar refractivity (Wildman–Crippen MR) is 93.2 cm³/mol. The maximum Gasteiger partial charge on any atom is 0.299 e. The summed E-state index contributed by atoms with van der Waals surface area (Å²) in [6.45, 7) is 0. The van der Waals surface area contributed by atoms with Crippen molar-refractivity contribution in [3.8, 4) is 0 Å². The number of imidazole rings is 1. The summed E-state index contributed by atoms with van der Waals surface area (Å²) in [5, 5.41) is 2.89. The van der Waals surface area contributed by atoms with Gasteiger partial charge in [0.1, 0.15) is 0 Å². The van der Waals surface area contributed by atoms with E-state index in [9.17, 15) is 4.79 Å². The van der Waals surface area contributed by atoms with Crippen LogP contribution in [0.25, 0.3) is 5.52 Å². The first-order valence-corrected chi connectivity index (χ1v) is 7.93. The smallest absolute Gasteiger partial charge is 0.299 e. The molecule has 6 nitrogen and oxygen atoms in total. The molecule has 0 aliphatic rings. The maximum absolute atomic E-state index is 12.7. The van der Waals surface area contributed by atoms with E-state index >= 15 is 0 Å². The van der Waals surface area contributed by atoms with Crippen LogP contribution < -0.4 is 9.72 Å². The van der Waals surface area contributed by atoms with Crippen LogP contribution in [0.15, 0.2) is 73.4 Å². The number of fused-ring (bicyclic) bond motifs is 1. The Kier molecular flexibility index (Phi) is 3.92. The minimum Gasteiger partial charge on any atom is -0.319 e. The van der Waals surface area contributed by atoms with Gasteiger partial charge in [-0.15, -0.1) is 0 Å². The summed E-state index contributed by atoms with van der Waals surface area (Å²) in [5.41, 5.74) is 3.13. The zero-order valence-electron chi connectivity index (χ0n) is 13.4. The summed E-state index contributed by atoms with van der Waals surface area (Å²) < 4.78 is 1.99. The largest absolute Gasteiger partial charge is 0.319 e. The third-order valence-electron chi connectivity index (χ3n) is 3.94. The third kappa shape index (κ3) is 3.10. The molecule has 0 aromatic carbocycles. The van der Waals surface area contributed by atoms with Gasteiger partial charge in [-0.25, -0.2) is 4.98 Å². The van der Waals surface area contributed by atoms with Crippen molar-refractivity contribution in [2.75, 3.05) is 5.32 Å². The Morgan fingerprint density at radius 3 is 2.72 bits per heavy atom. The normalized spacial score (nSPS) is 10.7. The monoisotopic (exact) mass is 330 g/mol.